The Hall–Kier alpha value is -2.49. The van der Waals surface area contributed by atoms with Gasteiger partial charge in [-0.3, -0.25) is 14.4 Å². The van der Waals surface area contributed by atoms with Crippen LogP contribution in [0, 0.1) is 5.92 Å². The molecule has 164 valence electrons. The lowest BCUT2D eigenvalue weighted by atomic mass is 9.92. The van der Waals surface area contributed by atoms with Gasteiger partial charge in [0.2, 0.25) is 5.91 Å². The molecule has 2 heterocycles. The Kier molecular flexibility index (Phi) is 6.74. The zero-order valence-electron chi connectivity index (χ0n) is 17.1. The van der Waals surface area contributed by atoms with E-state index in [0.29, 0.717) is 25.0 Å². The lowest BCUT2D eigenvalue weighted by molar-refractivity contribution is -0.133. The first-order chi connectivity index (χ1) is 14.3. The van der Waals surface area contributed by atoms with Gasteiger partial charge in [-0.05, 0) is 36.1 Å². The van der Waals surface area contributed by atoms with Gasteiger partial charge < -0.3 is 30.3 Å². The third-order valence-electron chi connectivity index (χ3n) is 5.29. The second-order valence-corrected chi connectivity index (χ2v) is 8.13. The molecule has 9 heteroatoms. The second-order valence-electron chi connectivity index (χ2n) is 8.13. The summed E-state index contributed by atoms with van der Waals surface area (Å²) in [6, 6.07) is 2.87. The summed E-state index contributed by atoms with van der Waals surface area (Å²) in [5.74, 6) is -0.776. The number of rotatable bonds is 10. The van der Waals surface area contributed by atoms with Gasteiger partial charge >= 0.3 is 0 Å². The van der Waals surface area contributed by atoms with Crippen LogP contribution in [0.5, 0.6) is 5.75 Å². The maximum absolute atomic E-state index is 12.7. The van der Waals surface area contributed by atoms with Gasteiger partial charge in [-0.1, -0.05) is 13.8 Å². The van der Waals surface area contributed by atoms with E-state index in [1.54, 1.807) is 18.2 Å². The maximum atomic E-state index is 12.7. The summed E-state index contributed by atoms with van der Waals surface area (Å²) < 4.78 is 10.5. The molecular formula is C21H28N2O7. The van der Waals surface area contributed by atoms with Crippen molar-refractivity contribution in [2.75, 3.05) is 26.4 Å². The summed E-state index contributed by atoms with van der Waals surface area (Å²) in [5.41, 5.74) is -0.00279. The van der Waals surface area contributed by atoms with Crippen molar-refractivity contribution in [3.05, 3.63) is 29.3 Å². The van der Waals surface area contributed by atoms with Crippen LogP contribution < -0.4 is 15.4 Å². The van der Waals surface area contributed by atoms with Crippen LogP contribution in [0.4, 0.5) is 0 Å². The molecule has 0 radical (unpaired) electrons. The van der Waals surface area contributed by atoms with Crippen molar-refractivity contribution >= 4 is 17.6 Å². The summed E-state index contributed by atoms with van der Waals surface area (Å²) in [4.78, 5) is 38.0. The van der Waals surface area contributed by atoms with E-state index in [9.17, 15) is 24.6 Å². The minimum absolute atomic E-state index is 0.0875. The van der Waals surface area contributed by atoms with Crippen molar-refractivity contribution in [3.8, 4) is 5.75 Å². The number of ether oxygens (including phenoxy) is 2. The smallest absolute Gasteiger partial charge is 0.252 e. The average Bonchev–Trinajstić information content (AvgIpc) is 3.39. The van der Waals surface area contributed by atoms with Crippen LogP contribution in [0.3, 0.4) is 0 Å². The molecule has 3 atom stereocenters. The van der Waals surface area contributed by atoms with Crippen LogP contribution in [0.25, 0.3) is 0 Å². The molecule has 1 unspecified atom stereocenters. The standard InChI is InChI=1S/C21H28N2O7/c1-12(2)7-15(18(26)21(10-25)11-30-21)22-20(28)16(9-24)23-19(27)14-3-4-17-13(8-14)5-6-29-17/h3-4,8,12,15-16,24-25H,5-7,9-11H2,1-2H3,(H,22,28)(H,23,27)/t15?,16-,21+/m0/s1. The molecule has 1 aromatic carbocycles. The van der Waals surface area contributed by atoms with Crippen molar-refractivity contribution in [2.24, 2.45) is 5.92 Å². The lowest BCUT2D eigenvalue weighted by Crippen LogP contribution is -2.55. The van der Waals surface area contributed by atoms with Crippen LogP contribution in [0.2, 0.25) is 0 Å². The van der Waals surface area contributed by atoms with Crippen LogP contribution in [0.1, 0.15) is 36.2 Å². The fraction of sp³-hybridized carbons (Fsp3) is 0.571. The van der Waals surface area contributed by atoms with Crippen molar-refractivity contribution in [3.63, 3.8) is 0 Å². The van der Waals surface area contributed by atoms with E-state index in [4.69, 9.17) is 9.47 Å². The number of ketones is 1. The first-order valence-corrected chi connectivity index (χ1v) is 10.1. The Morgan fingerprint density at radius 3 is 2.50 bits per heavy atom. The second kappa shape index (κ2) is 9.11. The fourth-order valence-corrected chi connectivity index (χ4v) is 3.45. The predicted molar refractivity (Wildman–Crippen MR) is 106 cm³/mol. The molecule has 1 saturated heterocycles. The molecule has 0 aromatic heterocycles. The SMILES string of the molecule is CC(C)CC(NC(=O)[C@H](CO)NC(=O)c1ccc2c(c1)CCO2)C(=O)[C@@]1(CO)CO1. The normalized spacial score (nSPS) is 21.4. The minimum atomic E-state index is -1.27. The number of Topliss-reactive ketones (excluding diaryl/α,β-unsaturated/α-hetero) is 1. The van der Waals surface area contributed by atoms with Crippen LogP contribution in [0.15, 0.2) is 18.2 Å². The van der Waals surface area contributed by atoms with Gasteiger partial charge in [-0.2, -0.15) is 0 Å². The highest BCUT2D eigenvalue weighted by Gasteiger charge is 2.54. The molecule has 0 aliphatic carbocycles. The van der Waals surface area contributed by atoms with E-state index in [2.05, 4.69) is 10.6 Å². The highest BCUT2D eigenvalue weighted by Crippen LogP contribution is 2.30. The monoisotopic (exact) mass is 420 g/mol. The van der Waals surface area contributed by atoms with Crippen molar-refractivity contribution < 1.29 is 34.1 Å². The number of hydrogen-bond acceptors (Lipinski definition) is 7. The minimum Gasteiger partial charge on any atom is -0.493 e. The number of aliphatic hydroxyl groups excluding tert-OH is 2. The average molecular weight is 420 g/mol. The number of epoxide rings is 1. The van der Waals surface area contributed by atoms with Gasteiger partial charge in [0.05, 0.1) is 32.5 Å². The molecule has 1 aromatic rings. The Morgan fingerprint density at radius 1 is 1.17 bits per heavy atom. The summed E-state index contributed by atoms with van der Waals surface area (Å²) in [5, 5.41) is 24.2. The Morgan fingerprint density at radius 2 is 1.90 bits per heavy atom. The number of fused-ring (bicyclic) bond motifs is 1. The highest BCUT2D eigenvalue weighted by atomic mass is 16.6. The largest absolute Gasteiger partial charge is 0.493 e. The van der Waals surface area contributed by atoms with Crippen molar-refractivity contribution in [1.82, 2.24) is 10.6 Å². The van der Waals surface area contributed by atoms with Crippen LogP contribution >= 0.6 is 0 Å². The molecule has 0 bridgehead atoms. The Balaban J connectivity index is 1.66. The third-order valence-corrected chi connectivity index (χ3v) is 5.29. The number of nitrogens with one attached hydrogen (secondary N) is 2. The van der Waals surface area contributed by atoms with E-state index in [0.717, 1.165) is 11.3 Å². The topological polar surface area (TPSA) is 137 Å². The summed E-state index contributed by atoms with van der Waals surface area (Å²) >= 11 is 0. The number of amides is 2. The first-order valence-electron chi connectivity index (χ1n) is 10.1. The number of benzene rings is 1. The fourth-order valence-electron chi connectivity index (χ4n) is 3.45. The Labute approximate surface area is 174 Å². The molecule has 0 saturated carbocycles. The zero-order chi connectivity index (χ0) is 21.9. The number of carbonyl (C=O) groups excluding carboxylic acids is 3. The summed E-state index contributed by atoms with van der Waals surface area (Å²) in [6.07, 6.45) is 1.04. The van der Waals surface area contributed by atoms with Gasteiger partial charge in [-0.15, -0.1) is 0 Å². The van der Waals surface area contributed by atoms with E-state index in [1.165, 1.54) is 0 Å². The quantitative estimate of drug-likeness (QED) is 0.377. The molecule has 1 fully saturated rings. The van der Waals surface area contributed by atoms with Gasteiger partial charge in [0.25, 0.3) is 5.91 Å². The molecule has 3 rings (SSSR count). The van der Waals surface area contributed by atoms with Gasteiger partial charge in [0.1, 0.15) is 11.8 Å². The summed E-state index contributed by atoms with van der Waals surface area (Å²) in [7, 11) is 0. The molecular weight excluding hydrogens is 392 g/mol. The van der Waals surface area contributed by atoms with E-state index in [1.807, 2.05) is 13.8 Å². The van der Waals surface area contributed by atoms with Gasteiger partial charge in [0, 0.05) is 12.0 Å². The zero-order valence-corrected chi connectivity index (χ0v) is 17.1. The highest BCUT2D eigenvalue weighted by molar-refractivity contribution is 6.00. The summed E-state index contributed by atoms with van der Waals surface area (Å²) in [6.45, 7) is 3.37. The molecule has 30 heavy (non-hydrogen) atoms. The molecule has 0 spiro atoms. The molecule has 2 amide bonds. The third kappa shape index (κ3) is 4.80. The first kappa shape index (κ1) is 22.2. The Bertz CT molecular complexity index is 820. The lowest BCUT2D eigenvalue weighted by Gasteiger charge is -2.24. The molecule has 2 aliphatic rings. The van der Waals surface area contributed by atoms with Crippen LogP contribution in [-0.4, -0.2) is 71.9 Å². The van der Waals surface area contributed by atoms with Gasteiger partial charge in [0.15, 0.2) is 11.4 Å². The van der Waals surface area contributed by atoms with Crippen molar-refractivity contribution in [2.45, 2.75) is 44.4 Å². The van der Waals surface area contributed by atoms with Gasteiger partial charge in [-0.25, -0.2) is 0 Å². The van der Waals surface area contributed by atoms with E-state index >= 15 is 0 Å². The van der Waals surface area contributed by atoms with E-state index in [-0.39, 0.29) is 12.5 Å². The maximum Gasteiger partial charge on any atom is 0.252 e. The predicted octanol–water partition coefficient (Wildman–Crippen LogP) is -0.426. The van der Waals surface area contributed by atoms with E-state index < -0.39 is 48.5 Å². The van der Waals surface area contributed by atoms with Crippen molar-refractivity contribution in [1.29, 1.82) is 0 Å². The number of carbonyl (C=O) groups is 3. The molecule has 9 nitrogen and oxygen atoms in total. The number of hydrogen-bond donors (Lipinski definition) is 4. The number of aliphatic hydroxyl groups is 2. The molecule has 2 aliphatic heterocycles. The molecule has 4 N–H and O–H groups in total. The van der Waals surface area contributed by atoms with Crippen LogP contribution in [-0.2, 0) is 20.7 Å².